The molecule has 4 amide bonds. The lowest BCUT2D eigenvalue weighted by molar-refractivity contribution is -0.383. The number of carbonyl (C=O) groups excluding carboxylic acids is 4. The van der Waals surface area contributed by atoms with Gasteiger partial charge in [-0.2, -0.15) is 13.2 Å². The number of fused-ring (bicyclic) bond motifs is 4. The smallest absolute Gasteiger partial charge is 0.416 e. The van der Waals surface area contributed by atoms with E-state index in [1.807, 2.05) is 0 Å². The molecule has 0 bridgehead atoms. The molecule has 0 aliphatic rings. The molecule has 0 unspecified atom stereocenters. The van der Waals surface area contributed by atoms with Gasteiger partial charge in [0, 0.05) is 68.7 Å². The van der Waals surface area contributed by atoms with Crippen molar-refractivity contribution in [2.75, 3.05) is 11.1 Å². The number of nitro benzene ring substituents is 2. The molecule has 9 N–H and O–H groups in total. The zero-order chi connectivity index (χ0) is 59.8. The molecule has 81 heavy (non-hydrogen) atoms. The van der Waals surface area contributed by atoms with Crippen molar-refractivity contribution in [3.8, 4) is 0 Å². The standard InChI is InChI=1S/C21H17ClF3N3O3.C12H11N3O4.C12H13N3O2.C9H5NO4/c1-11(19(26)30)28-8-7-14-15(20(28)31)3-2-4-17(14)27-18(29)9-12-5-6-13(22)10-16(12)21(23,24)25;1-7(11(13)16)14-6-5-8-9(12(14)17)3-2-4-10(8)15(18)19;1-7(11(14)16)15-6-5-8-9(12(15)17)3-2-4-10(8)13;11-9-7-2-1-3-8(10(12)13)6(7)4-5-14-9/h2-8,10-11H,9H2,1H3,(H2,26,30)(H,27,29);2-7H,1H3,(H2,13,16);2-7H,13H2,1H3,(H2,14,16);1-5H/t11-;2*7-;/m000./s1. The molecule has 0 radical (unpaired) electrons. The molecule has 0 aliphatic heterocycles. The van der Waals surface area contributed by atoms with Crippen LogP contribution in [0.3, 0.4) is 0 Å². The second-order valence-corrected chi connectivity index (χ2v) is 18.1. The Balaban J connectivity index is 0.000000183. The van der Waals surface area contributed by atoms with Gasteiger partial charge in [0.25, 0.3) is 28.1 Å². The Hall–Kier alpha value is -10.5. The minimum atomic E-state index is -4.66. The van der Waals surface area contributed by atoms with Crippen molar-refractivity contribution < 1.29 is 46.6 Å². The van der Waals surface area contributed by atoms with Gasteiger partial charge in [-0.3, -0.25) is 53.8 Å². The quantitative estimate of drug-likeness (QED) is 0.0486. The number of nitro groups is 2. The lowest BCUT2D eigenvalue weighted by atomic mass is 10.0. The van der Waals surface area contributed by atoms with E-state index >= 15 is 0 Å². The van der Waals surface area contributed by atoms with Gasteiger partial charge < -0.3 is 46.4 Å². The number of aromatic nitrogens is 3. The third-order valence-corrected chi connectivity index (χ3v) is 12.8. The maximum Gasteiger partial charge on any atom is 0.416 e. The summed E-state index contributed by atoms with van der Waals surface area (Å²) in [6.07, 6.45) is 0.193. The van der Waals surface area contributed by atoms with Gasteiger partial charge in [0.15, 0.2) is 0 Å². The van der Waals surface area contributed by atoms with E-state index in [1.54, 1.807) is 31.2 Å². The Morgan fingerprint density at radius 2 is 1.01 bits per heavy atom. The molecule has 27 heteroatoms. The van der Waals surface area contributed by atoms with E-state index in [1.165, 1.54) is 120 Å². The SMILES string of the molecule is C[C@@H](C(N)=O)n1ccc2c(N)cccc2c1=O.C[C@@H](C(N)=O)n1ccc2c(NC(=O)Cc3ccc(Cl)cc3C(F)(F)F)cccc2c1=O.C[C@@H](C(N)=O)n1ccc2c([N+](=O)[O-])cccc2c1=O.O=c1occc2c([N+](=O)[O-])cccc12. The summed E-state index contributed by atoms with van der Waals surface area (Å²) in [5.41, 5.74) is 18.9. The fourth-order valence-corrected chi connectivity index (χ4v) is 8.28. The second kappa shape index (κ2) is 24.9. The predicted octanol–water partition coefficient (Wildman–Crippen LogP) is 7.19. The van der Waals surface area contributed by atoms with Crippen LogP contribution in [0.15, 0.2) is 164 Å². The molecular formula is C54H46ClF3N10O13. The maximum absolute atomic E-state index is 13.3. The summed E-state index contributed by atoms with van der Waals surface area (Å²) in [7, 11) is 0. The van der Waals surface area contributed by atoms with Gasteiger partial charge in [0.1, 0.15) is 18.1 Å². The first-order valence-electron chi connectivity index (χ1n) is 23.6. The Kier molecular flexibility index (Phi) is 18.3. The highest BCUT2D eigenvalue weighted by molar-refractivity contribution is 6.30. The van der Waals surface area contributed by atoms with Crippen LogP contribution in [0.25, 0.3) is 43.1 Å². The van der Waals surface area contributed by atoms with E-state index in [-0.39, 0.29) is 54.8 Å². The van der Waals surface area contributed by atoms with Gasteiger partial charge in [0.05, 0.1) is 49.6 Å². The third-order valence-electron chi connectivity index (χ3n) is 12.5. The number of non-ortho nitro benzene ring substituents is 2. The molecule has 418 valence electrons. The summed E-state index contributed by atoms with van der Waals surface area (Å²) in [6.45, 7) is 4.56. The van der Waals surface area contributed by atoms with Gasteiger partial charge in [0.2, 0.25) is 23.6 Å². The Labute approximate surface area is 457 Å². The summed E-state index contributed by atoms with van der Waals surface area (Å²) >= 11 is 5.66. The van der Waals surface area contributed by atoms with Crippen molar-refractivity contribution >= 4 is 101 Å². The minimum Gasteiger partial charge on any atom is -0.431 e. The monoisotopic (exact) mass is 1130 g/mol. The number of hydrogen-bond donors (Lipinski definition) is 5. The number of anilines is 2. The number of nitrogen functional groups attached to an aromatic ring is 1. The van der Waals surface area contributed by atoms with Crippen molar-refractivity contribution in [1.29, 1.82) is 0 Å². The van der Waals surface area contributed by atoms with Gasteiger partial charge in [-0.1, -0.05) is 41.9 Å². The molecule has 5 aromatic carbocycles. The van der Waals surface area contributed by atoms with Crippen LogP contribution in [0, 0.1) is 20.2 Å². The first kappa shape index (κ1) is 59.7. The van der Waals surface area contributed by atoms with Crippen LogP contribution in [-0.4, -0.2) is 47.2 Å². The number of primary amides is 3. The first-order valence-corrected chi connectivity index (χ1v) is 24.0. The van der Waals surface area contributed by atoms with Crippen LogP contribution in [0.5, 0.6) is 0 Å². The number of hydrogen-bond acceptors (Lipinski definition) is 14. The molecule has 0 fully saturated rings. The molecule has 0 spiro atoms. The molecule has 4 aromatic heterocycles. The summed E-state index contributed by atoms with van der Waals surface area (Å²) in [4.78, 5) is 115. The highest BCUT2D eigenvalue weighted by Gasteiger charge is 2.34. The third kappa shape index (κ3) is 13.4. The zero-order valence-corrected chi connectivity index (χ0v) is 43.3. The van der Waals surface area contributed by atoms with Crippen molar-refractivity contribution in [1.82, 2.24) is 13.7 Å². The molecular weight excluding hydrogens is 1090 g/mol. The van der Waals surface area contributed by atoms with Crippen molar-refractivity contribution in [2.45, 2.75) is 51.5 Å². The Bertz CT molecular complexity index is 4240. The topological polar surface area (TPSA) is 367 Å². The van der Waals surface area contributed by atoms with Crippen LogP contribution >= 0.6 is 11.6 Å². The summed E-state index contributed by atoms with van der Waals surface area (Å²) in [6, 6.07) is 25.1. The lowest BCUT2D eigenvalue weighted by Crippen LogP contribution is -2.31. The fourth-order valence-electron chi connectivity index (χ4n) is 8.11. The largest absolute Gasteiger partial charge is 0.431 e. The van der Waals surface area contributed by atoms with Crippen LogP contribution < -0.4 is 50.6 Å². The summed E-state index contributed by atoms with van der Waals surface area (Å²) in [5, 5.41) is 26.6. The Morgan fingerprint density at radius 3 is 1.49 bits per heavy atom. The van der Waals surface area contributed by atoms with E-state index in [4.69, 9.17) is 34.5 Å². The minimum absolute atomic E-state index is 0.0876. The van der Waals surface area contributed by atoms with Crippen molar-refractivity contribution in [3.05, 3.63) is 218 Å². The fraction of sp³-hybridized carbons (Fsp3) is 0.148. The number of benzene rings is 5. The molecule has 4 heterocycles. The van der Waals surface area contributed by atoms with E-state index in [0.717, 1.165) is 23.0 Å². The number of nitrogens with zero attached hydrogens (tertiary/aromatic N) is 5. The number of halogens is 4. The molecule has 9 aromatic rings. The predicted molar refractivity (Wildman–Crippen MR) is 295 cm³/mol. The van der Waals surface area contributed by atoms with E-state index in [2.05, 4.69) is 9.73 Å². The van der Waals surface area contributed by atoms with Crippen LogP contribution in [-0.2, 0) is 31.8 Å². The van der Waals surface area contributed by atoms with E-state index < -0.39 is 86.5 Å². The normalized spacial score (nSPS) is 12.1. The summed E-state index contributed by atoms with van der Waals surface area (Å²) < 4.78 is 48.0. The van der Waals surface area contributed by atoms with Gasteiger partial charge in [-0.25, -0.2) is 4.79 Å². The highest BCUT2D eigenvalue weighted by Crippen LogP contribution is 2.34. The van der Waals surface area contributed by atoms with Gasteiger partial charge >= 0.3 is 11.8 Å². The molecule has 0 aliphatic carbocycles. The van der Waals surface area contributed by atoms with Gasteiger partial charge in [-0.15, -0.1) is 0 Å². The molecule has 3 atom stereocenters. The second-order valence-electron chi connectivity index (χ2n) is 17.6. The number of carbonyl (C=O) groups is 4. The highest BCUT2D eigenvalue weighted by atomic mass is 35.5. The van der Waals surface area contributed by atoms with Crippen molar-refractivity contribution in [2.24, 2.45) is 17.2 Å². The van der Waals surface area contributed by atoms with E-state index in [0.29, 0.717) is 27.2 Å². The number of pyridine rings is 3. The zero-order valence-electron chi connectivity index (χ0n) is 42.6. The Morgan fingerprint density at radius 1 is 0.593 bits per heavy atom. The molecule has 23 nitrogen and oxygen atoms in total. The average molecular weight is 1140 g/mol. The number of nitrogens with one attached hydrogen (secondary N) is 1. The first-order chi connectivity index (χ1) is 38.1. The summed E-state index contributed by atoms with van der Waals surface area (Å²) in [5.74, 6) is -2.58. The number of rotatable bonds is 11. The molecule has 0 saturated heterocycles. The van der Waals surface area contributed by atoms with Crippen LogP contribution in [0.1, 0.15) is 50.0 Å². The van der Waals surface area contributed by atoms with Crippen LogP contribution in [0.2, 0.25) is 5.02 Å². The van der Waals surface area contributed by atoms with Gasteiger partial charge in [-0.05, 0) is 99.1 Å². The number of nitrogens with two attached hydrogens (primary N) is 4. The maximum atomic E-state index is 13.3. The van der Waals surface area contributed by atoms with Crippen molar-refractivity contribution in [3.63, 3.8) is 0 Å². The lowest BCUT2D eigenvalue weighted by Gasteiger charge is -2.15. The molecule has 9 rings (SSSR count). The van der Waals surface area contributed by atoms with E-state index in [9.17, 15) is 71.8 Å². The average Bonchev–Trinajstić information content (AvgIpc) is 3.51. The molecule has 0 saturated carbocycles. The number of amides is 4. The van der Waals surface area contributed by atoms with Crippen LogP contribution in [0.4, 0.5) is 35.9 Å². The number of alkyl halides is 3.